The fraction of sp³-hybridized carbons (Fsp3) is 0.364. The lowest BCUT2D eigenvalue weighted by molar-refractivity contribution is 0.0947. The minimum absolute atomic E-state index is 0.207. The van der Waals surface area contributed by atoms with Crippen molar-refractivity contribution in [2.45, 2.75) is 19.8 Å². The maximum Gasteiger partial charge on any atom is 0.271 e. The topological polar surface area (TPSA) is 85.6 Å². The highest BCUT2D eigenvalue weighted by Crippen LogP contribution is 2.00. The molecule has 1 N–H and O–H groups in total. The van der Waals surface area contributed by atoms with E-state index in [1.165, 1.54) is 17.3 Å². The van der Waals surface area contributed by atoms with E-state index >= 15 is 0 Å². The number of nitrogens with zero attached hydrogens (tertiary/aromatic N) is 5. The molecular formula is C11H14N6O. The average molecular weight is 246 g/mol. The summed E-state index contributed by atoms with van der Waals surface area (Å²) in [5.41, 5.74) is 0.301. The zero-order valence-electron chi connectivity index (χ0n) is 10.1. The molecule has 0 aliphatic rings. The third kappa shape index (κ3) is 2.88. The molecule has 0 aliphatic carbocycles. The van der Waals surface area contributed by atoms with Gasteiger partial charge in [-0.05, 0) is 18.6 Å². The van der Waals surface area contributed by atoms with Crippen LogP contribution in [-0.2, 0) is 0 Å². The summed E-state index contributed by atoms with van der Waals surface area (Å²) < 4.78 is 1.48. The van der Waals surface area contributed by atoms with Gasteiger partial charge in [0.1, 0.15) is 12.7 Å². The number of hydrogen-bond donors (Lipinski definition) is 1. The molecule has 2 aromatic rings. The van der Waals surface area contributed by atoms with Crippen molar-refractivity contribution in [3.63, 3.8) is 0 Å². The number of amides is 1. The van der Waals surface area contributed by atoms with Crippen LogP contribution in [0.25, 0.3) is 5.82 Å². The molecule has 0 bridgehead atoms. The van der Waals surface area contributed by atoms with Crippen LogP contribution in [0.1, 0.15) is 30.3 Å². The lowest BCUT2D eigenvalue weighted by Crippen LogP contribution is -2.25. The van der Waals surface area contributed by atoms with Crippen molar-refractivity contribution >= 4 is 5.91 Å². The van der Waals surface area contributed by atoms with Gasteiger partial charge in [0, 0.05) is 6.54 Å². The first-order valence-electron chi connectivity index (χ1n) is 5.78. The van der Waals surface area contributed by atoms with Gasteiger partial charge < -0.3 is 5.32 Å². The maximum absolute atomic E-state index is 11.7. The molecule has 2 aromatic heterocycles. The number of carbonyl (C=O) groups excluding carboxylic acids is 1. The summed E-state index contributed by atoms with van der Waals surface area (Å²) in [6.07, 6.45) is 4.92. The van der Waals surface area contributed by atoms with Gasteiger partial charge in [-0.15, -0.1) is 10.2 Å². The Morgan fingerprint density at radius 2 is 2.28 bits per heavy atom. The SMILES string of the molecule is CCCCNC(=O)c1ccc(-n2cncn2)nn1. The molecule has 0 unspecified atom stereocenters. The van der Waals surface area contributed by atoms with Crippen LogP contribution in [0, 0.1) is 0 Å². The Labute approximate surface area is 104 Å². The monoisotopic (exact) mass is 246 g/mol. The van der Waals surface area contributed by atoms with E-state index in [2.05, 4.69) is 32.5 Å². The molecule has 2 rings (SSSR count). The summed E-state index contributed by atoms with van der Waals surface area (Å²) in [5.74, 6) is 0.318. The molecule has 7 nitrogen and oxygen atoms in total. The minimum Gasteiger partial charge on any atom is -0.351 e. The number of rotatable bonds is 5. The van der Waals surface area contributed by atoms with Crippen molar-refractivity contribution < 1.29 is 4.79 Å². The minimum atomic E-state index is -0.207. The fourth-order valence-electron chi connectivity index (χ4n) is 1.36. The highest BCUT2D eigenvalue weighted by molar-refractivity contribution is 5.92. The van der Waals surface area contributed by atoms with E-state index in [-0.39, 0.29) is 5.91 Å². The quantitative estimate of drug-likeness (QED) is 0.780. The summed E-state index contributed by atoms with van der Waals surface area (Å²) in [7, 11) is 0. The first-order chi connectivity index (χ1) is 8.81. The van der Waals surface area contributed by atoms with Gasteiger partial charge in [0.2, 0.25) is 0 Å². The normalized spacial score (nSPS) is 10.3. The second-order valence-electron chi connectivity index (χ2n) is 3.73. The molecular weight excluding hydrogens is 232 g/mol. The molecule has 0 fully saturated rings. The van der Waals surface area contributed by atoms with Crippen LogP contribution in [-0.4, -0.2) is 37.4 Å². The molecule has 0 aromatic carbocycles. The van der Waals surface area contributed by atoms with E-state index in [0.29, 0.717) is 18.1 Å². The third-order valence-corrected chi connectivity index (χ3v) is 2.35. The molecule has 7 heteroatoms. The molecule has 1 amide bonds. The van der Waals surface area contributed by atoms with Crippen LogP contribution in [0.15, 0.2) is 24.8 Å². The maximum atomic E-state index is 11.7. The van der Waals surface area contributed by atoms with Crippen molar-refractivity contribution in [2.24, 2.45) is 0 Å². The Bertz CT molecular complexity index is 493. The van der Waals surface area contributed by atoms with E-state index in [0.717, 1.165) is 12.8 Å². The van der Waals surface area contributed by atoms with Crippen LogP contribution >= 0.6 is 0 Å². The van der Waals surface area contributed by atoms with Gasteiger partial charge in [0.15, 0.2) is 11.5 Å². The van der Waals surface area contributed by atoms with Crippen molar-refractivity contribution in [2.75, 3.05) is 6.54 Å². The Morgan fingerprint density at radius 1 is 1.39 bits per heavy atom. The molecule has 0 saturated carbocycles. The fourth-order valence-corrected chi connectivity index (χ4v) is 1.36. The van der Waals surface area contributed by atoms with E-state index in [1.807, 2.05) is 0 Å². The Kier molecular flexibility index (Phi) is 3.95. The van der Waals surface area contributed by atoms with Gasteiger partial charge >= 0.3 is 0 Å². The van der Waals surface area contributed by atoms with Gasteiger partial charge in [0.25, 0.3) is 5.91 Å². The van der Waals surface area contributed by atoms with Gasteiger partial charge in [-0.2, -0.15) is 5.10 Å². The summed E-state index contributed by atoms with van der Waals surface area (Å²) in [4.78, 5) is 15.5. The van der Waals surface area contributed by atoms with Crippen LogP contribution in [0.4, 0.5) is 0 Å². The summed E-state index contributed by atoms with van der Waals surface area (Å²) in [6.45, 7) is 2.72. The van der Waals surface area contributed by atoms with Crippen LogP contribution in [0.2, 0.25) is 0 Å². The van der Waals surface area contributed by atoms with Crippen molar-refractivity contribution in [3.05, 3.63) is 30.5 Å². The lowest BCUT2D eigenvalue weighted by Gasteiger charge is -2.03. The van der Waals surface area contributed by atoms with Crippen molar-refractivity contribution in [1.82, 2.24) is 30.3 Å². The molecule has 0 aliphatic heterocycles. The summed E-state index contributed by atoms with van der Waals surface area (Å²) in [5, 5.41) is 14.5. The molecule has 0 radical (unpaired) electrons. The average Bonchev–Trinajstić information content (AvgIpc) is 2.93. The van der Waals surface area contributed by atoms with Gasteiger partial charge in [0.05, 0.1) is 0 Å². The van der Waals surface area contributed by atoms with Crippen molar-refractivity contribution in [1.29, 1.82) is 0 Å². The number of carbonyl (C=O) groups is 1. The van der Waals surface area contributed by atoms with Crippen LogP contribution < -0.4 is 5.32 Å². The third-order valence-electron chi connectivity index (χ3n) is 2.35. The van der Waals surface area contributed by atoms with E-state index in [1.54, 1.807) is 12.1 Å². The molecule has 94 valence electrons. The largest absolute Gasteiger partial charge is 0.351 e. The molecule has 0 saturated heterocycles. The molecule has 18 heavy (non-hydrogen) atoms. The molecule has 0 spiro atoms. The summed E-state index contributed by atoms with van der Waals surface area (Å²) in [6, 6.07) is 3.29. The second-order valence-corrected chi connectivity index (χ2v) is 3.73. The van der Waals surface area contributed by atoms with Crippen LogP contribution in [0.3, 0.4) is 0 Å². The van der Waals surface area contributed by atoms with Crippen molar-refractivity contribution in [3.8, 4) is 5.82 Å². The number of aromatic nitrogens is 5. The first-order valence-corrected chi connectivity index (χ1v) is 5.78. The zero-order chi connectivity index (χ0) is 12.8. The predicted molar refractivity (Wildman–Crippen MR) is 64.2 cm³/mol. The standard InChI is InChI=1S/C11H14N6O/c1-2-3-6-13-11(18)9-4-5-10(16-15-9)17-8-12-7-14-17/h4-5,7-8H,2-3,6H2,1H3,(H,13,18). The van der Waals surface area contributed by atoms with E-state index < -0.39 is 0 Å². The smallest absolute Gasteiger partial charge is 0.271 e. The Balaban J connectivity index is 2.01. The Hall–Kier alpha value is -2.31. The van der Waals surface area contributed by atoms with Gasteiger partial charge in [-0.25, -0.2) is 9.67 Å². The van der Waals surface area contributed by atoms with E-state index in [9.17, 15) is 4.79 Å². The second kappa shape index (κ2) is 5.85. The highest BCUT2D eigenvalue weighted by Gasteiger charge is 2.07. The lowest BCUT2D eigenvalue weighted by atomic mass is 10.3. The number of nitrogens with one attached hydrogen (secondary N) is 1. The summed E-state index contributed by atoms with van der Waals surface area (Å²) >= 11 is 0. The molecule has 0 atom stereocenters. The van der Waals surface area contributed by atoms with Crippen LogP contribution in [0.5, 0.6) is 0 Å². The zero-order valence-corrected chi connectivity index (χ0v) is 10.1. The predicted octanol–water partition coefficient (Wildman–Crippen LogP) is 0.587. The first kappa shape index (κ1) is 12.2. The highest BCUT2D eigenvalue weighted by atomic mass is 16.1. The van der Waals surface area contributed by atoms with Gasteiger partial charge in [-0.3, -0.25) is 4.79 Å². The number of unbranched alkanes of at least 4 members (excludes halogenated alkanes) is 1. The number of hydrogen-bond acceptors (Lipinski definition) is 5. The van der Waals surface area contributed by atoms with Gasteiger partial charge in [-0.1, -0.05) is 13.3 Å². The van der Waals surface area contributed by atoms with E-state index in [4.69, 9.17) is 0 Å². The molecule has 2 heterocycles. The Morgan fingerprint density at radius 3 is 2.89 bits per heavy atom.